The fourth-order valence-electron chi connectivity index (χ4n) is 2.11. The average Bonchev–Trinajstić information content (AvgIpc) is 2.81. The van der Waals surface area contributed by atoms with Crippen LogP contribution in [0.5, 0.6) is 0 Å². The van der Waals surface area contributed by atoms with Crippen LogP contribution in [-0.4, -0.2) is 28.0 Å². The summed E-state index contributed by atoms with van der Waals surface area (Å²) in [4.78, 5) is 7.35. The third-order valence-corrected chi connectivity index (χ3v) is 4.14. The summed E-state index contributed by atoms with van der Waals surface area (Å²) in [6.45, 7) is 0.889. The smallest absolute Gasteiger partial charge is 0.341 e. The number of nitrogens with one attached hydrogen (secondary N) is 2. The number of aromatic amines is 1. The molecule has 2 aromatic rings. The number of H-pyrrole nitrogens is 1. The van der Waals surface area contributed by atoms with E-state index in [-0.39, 0.29) is 6.04 Å². The van der Waals surface area contributed by atoms with Gasteiger partial charge in [0, 0.05) is 18.1 Å². The lowest BCUT2D eigenvalue weighted by Crippen LogP contribution is -2.30. The summed E-state index contributed by atoms with van der Waals surface area (Å²) in [6, 6.07) is 3.67. The third kappa shape index (κ3) is 2.57. The van der Waals surface area contributed by atoms with Gasteiger partial charge >= 0.3 is 6.18 Å². The summed E-state index contributed by atoms with van der Waals surface area (Å²) in [6.07, 6.45) is -4.32. The van der Waals surface area contributed by atoms with E-state index in [0.717, 1.165) is 30.2 Å². The Kier molecular flexibility index (Phi) is 3.18. The van der Waals surface area contributed by atoms with E-state index in [9.17, 15) is 13.2 Å². The van der Waals surface area contributed by atoms with Crippen LogP contribution in [0.2, 0.25) is 0 Å². The molecule has 0 spiro atoms. The molecule has 3 rings (SSSR count). The Bertz CT molecular complexity index is 587. The SMILES string of the molecule is FC(F)(F)c1ccc2nc(C3CSCCN3)[nH]c2c1. The second-order valence-corrected chi connectivity index (χ2v) is 5.58. The topological polar surface area (TPSA) is 40.7 Å². The molecule has 0 radical (unpaired) electrons. The minimum absolute atomic E-state index is 0.0838. The molecule has 19 heavy (non-hydrogen) atoms. The first-order chi connectivity index (χ1) is 9.04. The van der Waals surface area contributed by atoms with Crippen molar-refractivity contribution in [3.8, 4) is 0 Å². The number of halogens is 3. The summed E-state index contributed by atoms with van der Waals surface area (Å²) in [5.74, 6) is 2.64. The van der Waals surface area contributed by atoms with Gasteiger partial charge in [-0.2, -0.15) is 24.9 Å². The molecule has 1 atom stereocenters. The van der Waals surface area contributed by atoms with E-state index in [2.05, 4.69) is 15.3 Å². The Morgan fingerprint density at radius 3 is 2.84 bits per heavy atom. The summed E-state index contributed by atoms with van der Waals surface area (Å²) in [5, 5.41) is 3.30. The fourth-order valence-corrected chi connectivity index (χ4v) is 3.05. The Balaban J connectivity index is 1.96. The standard InChI is InChI=1S/C12H12F3N3S/c13-12(14,15)7-1-2-8-9(5-7)18-11(17-8)10-6-19-4-3-16-10/h1-2,5,10,16H,3-4,6H2,(H,17,18). The lowest BCUT2D eigenvalue weighted by atomic mass is 10.2. The first-order valence-electron chi connectivity index (χ1n) is 5.92. The van der Waals surface area contributed by atoms with Crippen LogP contribution in [0, 0.1) is 0 Å². The molecular weight excluding hydrogens is 275 g/mol. The minimum atomic E-state index is -4.32. The Hall–Kier alpha value is -1.21. The van der Waals surface area contributed by atoms with Gasteiger partial charge in [0.05, 0.1) is 22.6 Å². The minimum Gasteiger partial charge on any atom is -0.341 e. The number of nitrogens with zero attached hydrogens (tertiary/aromatic N) is 1. The monoisotopic (exact) mass is 287 g/mol. The normalized spacial score (nSPS) is 20.9. The van der Waals surface area contributed by atoms with Crippen molar-refractivity contribution in [1.29, 1.82) is 0 Å². The van der Waals surface area contributed by atoms with E-state index in [1.54, 1.807) is 0 Å². The summed E-state index contributed by atoms with van der Waals surface area (Å²) >= 11 is 1.81. The number of hydrogen-bond donors (Lipinski definition) is 2. The highest BCUT2D eigenvalue weighted by Gasteiger charge is 2.31. The molecule has 102 valence electrons. The van der Waals surface area contributed by atoms with Crippen LogP contribution in [0.15, 0.2) is 18.2 Å². The van der Waals surface area contributed by atoms with Crippen LogP contribution in [0.4, 0.5) is 13.2 Å². The molecule has 1 aromatic carbocycles. The predicted molar refractivity (Wildman–Crippen MR) is 69.2 cm³/mol. The van der Waals surface area contributed by atoms with E-state index < -0.39 is 11.7 Å². The zero-order valence-corrected chi connectivity index (χ0v) is 10.7. The van der Waals surface area contributed by atoms with Gasteiger partial charge in [-0.3, -0.25) is 0 Å². The molecule has 0 amide bonds. The maximum Gasteiger partial charge on any atom is 0.416 e. The van der Waals surface area contributed by atoms with Crippen molar-refractivity contribution in [1.82, 2.24) is 15.3 Å². The van der Waals surface area contributed by atoms with Crippen LogP contribution in [-0.2, 0) is 6.18 Å². The summed E-state index contributed by atoms with van der Waals surface area (Å²) in [5.41, 5.74) is 0.351. The number of hydrogen-bond acceptors (Lipinski definition) is 3. The number of aromatic nitrogens is 2. The van der Waals surface area contributed by atoms with Gasteiger partial charge in [-0.15, -0.1) is 0 Å². The van der Waals surface area contributed by atoms with Crippen LogP contribution in [0.1, 0.15) is 17.4 Å². The molecule has 2 N–H and O–H groups in total. The van der Waals surface area contributed by atoms with E-state index in [1.165, 1.54) is 6.07 Å². The van der Waals surface area contributed by atoms with Gasteiger partial charge in [0.15, 0.2) is 0 Å². The summed E-state index contributed by atoms with van der Waals surface area (Å²) in [7, 11) is 0. The van der Waals surface area contributed by atoms with Gasteiger partial charge in [0.25, 0.3) is 0 Å². The van der Waals surface area contributed by atoms with Gasteiger partial charge in [-0.05, 0) is 18.2 Å². The van der Waals surface area contributed by atoms with Crippen LogP contribution in [0.3, 0.4) is 0 Å². The second-order valence-electron chi connectivity index (χ2n) is 4.43. The Morgan fingerprint density at radius 1 is 1.32 bits per heavy atom. The maximum atomic E-state index is 12.6. The zero-order chi connectivity index (χ0) is 13.5. The van der Waals surface area contributed by atoms with Crippen molar-refractivity contribution in [3.63, 3.8) is 0 Å². The highest BCUT2D eigenvalue weighted by atomic mass is 32.2. The van der Waals surface area contributed by atoms with E-state index in [0.29, 0.717) is 16.9 Å². The third-order valence-electron chi connectivity index (χ3n) is 3.08. The van der Waals surface area contributed by atoms with Crippen molar-refractivity contribution < 1.29 is 13.2 Å². The van der Waals surface area contributed by atoms with Crippen molar-refractivity contribution in [3.05, 3.63) is 29.6 Å². The first kappa shape index (κ1) is 12.8. The average molecular weight is 287 g/mol. The number of alkyl halides is 3. The molecule has 0 saturated carbocycles. The van der Waals surface area contributed by atoms with Crippen molar-refractivity contribution in [2.24, 2.45) is 0 Å². The van der Waals surface area contributed by atoms with E-state index >= 15 is 0 Å². The van der Waals surface area contributed by atoms with Crippen LogP contribution < -0.4 is 5.32 Å². The van der Waals surface area contributed by atoms with Crippen molar-refractivity contribution in [2.75, 3.05) is 18.1 Å². The lowest BCUT2D eigenvalue weighted by molar-refractivity contribution is -0.137. The van der Waals surface area contributed by atoms with Crippen LogP contribution >= 0.6 is 11.8 Å². The Morgan fingerprint density at radius 2 is 2.16 bits per heavy atom. The van der Waals surface area contributed by atoms with Crippen LogP contribution in [0.25, 0.3) is 11.0 Å². The number of fused-ring (bicyclic) bond motifs is 1. The molecule has 7 heteroatoms. The highest BCUT2D eigenvalue weighted by Crippen LogP contribution is 2.31. The number of benzene rings is 1. The molecule has 3 nitrogen and oxygen atoms in total. The van der Waals surface area contributed by atoms with Crippen molar-refractivity contribution >= 4 is 22.8 Å². The highest BCUT2D eigenvalue weighted by molar-refractivity contribution is 7.99. The predicted octanol–water partition coefficient (Wildman–Crippen LogP) is 2.96. The largest absolute Gasteiger partial charge is 0.416 e. The van der Waals surface area contributed by atoms with Gasteiger partial charge in [-0.1, -0.05) is 0 Å². The molecule has 1 unspecified atom stereocenters. The van der Waals surface area contributed by atoms with Gasteiger partial charge in [0.2, 0.25) is 0 Å². The number of imidazole rings is 1. The van der Waals surface area contributed by atoms with E-state index in [1.807, 2.05) is 11.8 Å². The van der Waals surface area contributed by atoms with Gasteiger partial charge < -0.3 is 10.3 Å². The summed E-state index contributed by atoms with van der Waals surface area (Å²) < 4.78 is 37.9. The molecule has 1 fully saturated rings. The first-order valence-corrected chi connectivity index (χ1v) is 7.07. The number of thioether (sulfide) groups is 1. The Labute approximate surface area is 112 Å². The fraction of sp³-hybridized carbons (Fsp3) is 0.417. The maximum absolute atomic E-state index is 12.6. The van der Waals surface area contributed by atoms with Crippen molar-refractivity contribution in [2.45, 2.75) is 12.2 Å². The molecule has 1 aromatic heterocycles. The van der Waals surface area contributed by atoms with Gasteiger partial charge in [-0.25, -0.2) is 4.98 Å². The molecule has 2 heterocycles. The van der Waals surface area contributed by atoms with Gasteiger partial charge in [0.1, 0.15) is 5.82 Å². The number of rotatable bonds is 1. The molecular formula is C12H12F3N3S. The quantitative estimate of drug-likeness (QED) is 0.847. The molecule has 1 aliphatic rings. The lowest BCUT2D eigenvalue weighted by Gasteiger charge is -2.20. The molecule has 0 aliphatic carbocycles. The second kappa shape index (κ2) is 4.72. The molecule has 1 aliphatic heterocycles. The zero-order valence-electron chi connectivity index (χ0n) is 9.92. The van der Waals surface area contributed by atoms with E-state index in [4.69, 9.17) is 0 Å². The molecule has 0 bridgehead atoms. The molecule has 1 saturated heterocycles.